The predicted octanol–water partition coefficient (Wildman–Crippen LogP) is 6.74. The zero-order chi connectivity index (χ0) is 19.4. The fourth-order valence-electron chi connectivity index (χ4n) is 2.89. The summed E-state index contributed by atoms with van der Waals surface area (Å²) in [5, 5.41) is 0.476. The molecule has 1 atom stereocenters. The number of carbonyl (C=O) groups excluding carboxylic acids is 1. The Hall–Kier alpha value is -0.740. The highest BCUT2D eigenvalue weighted by molar-refractivity contribution is 8.55. The minimum atomic E-state index is -3.40. The Morgan fingerprint density at radius 2 is 1.92 bits per heavy atom. The van der Waals surface area contributed by atoms with Crippen LogP contribution in [0.25, 0.3) is 5.57 Å². The van der Waals surface area contributed by atoms with Gasteiger partial charge in [0.25, 0.3) is 0 Å². The summed E-state index contributed by atoms with van der Waals surface area (Å²) in [4.78, 5) is 12.9. The number of halogens is 1. The summed E-state index contributed by atoms with van der Waals surface area (Å²) in [5.41, 5.74) is 0.768. The molecule has 1 aromatic rings. The van der Waals surface area contributed by atoms with Gasteiger partial charge in [0.15, 0.2) is 5.78 Å². The van der Waals surface area contributed by atoms with E-state index in [0.717, 1.165) is 6.42 Å². The summed E-state index contributed by atoms with van der Waals surface area (Å²) >= 11 is 7.51. The normalized spacial score (nSPS) is 19.3. The minimum absolute atomic E-state index is 0.0483. The molecule has 0 spiro atoms. The molecule has 0 aliphatic heterocycles. The van der Waals surface area contributed by atoms with Crippen molar-refractivity contribution in [3.8, 4) is 0 Å². The van der Waals surface area contributed by atoms with Crippen LogP contribution < -0.4 is 0 Å². The molecule has 0 N–H and O–H groups in total. The number of benzene rings is 1. The van der Waals surface area contributed by atoms with Crippen molar-refractivity contribution in [3.63, 3.8) is 0 Å². The number of allylic oxidation sites excluding steroid dienone is 2. The van der Waals surface area contributed by atoms with E-state index in [4.69, 9.17) is 20.6 Å². The molecule has 144 valence electrons. The van der Waals surface area contributed by atoms with Crippen molar-refractivity contribution in [2.75, 3.05) is 12.4 Å². The van der Waals surface area contributed by atoms with Crippen molar-refractivity contribution < 1.29 is 18.4 Å². The van der Waals surface area contributed by atoms with Gasteiger partial charge >= 0.3 is 6.80 Å². The molecule has 0 fully saturated rings. The quantitative estimate of drug-likeness (QED) is 0.439. The van der Waals surface area contributed by atoms with E-state index in [-0.39, 0.29) is 17.8 Å². The maximum atomic E-state index is 13.2. The fourth-order valence-corrected chi connectivity index (χ4v) is 6.64. The van der Waals surface area contributed by atoms with Crippen LogP contribution in [-0.4, -0.2) is 18.1 Å². The molecule has 0 saturated heterocycles. The van der Waals surface area contributed by atoms with Gasteiger partial charge in [-0.05, 0) is 36.2 Å². The Balaban J connectivity index is 2.52. The lowest BCUT2D eigenvalue weighted by Crippen LogP contribution is -2.26. The molecule has 26 heavy (non-hydrogen) atoms. The van der Waals surface area contributed by atoms with E-state index in [1.165, 1.54) is 11.4 Å². The van der Waals surface area contributed by atoms with Crippen LogP contribution in [0.5, 0.6) is 0 Å². The van der Waals surface area contributed by atoms with Crippen LogP contribution in [0, 0.1) is 5.41 Å². The van der Waals surface area contributed by atoms with Crippen molar-refractivity contribution in [2.24, 2.45) is 5.41 Å². The smallest absolute Gasteiger partial charge is 0.421 e. The van der Waals surface area contributed by atoms with Crippen LogP contribution in [0.15, 0.2) is 30.0 Å². The molecule has 0 heterocycles. The standard InChI is InChI=1S/C19H26ClO4PS/c1-5-11-26-25(22,23-6-2)24-17-13-19(3,4)12-16(21)18(17)14-9-7-8-10-15(14)20/h7-10H,5-6,11-13H2,1-4H3. The Morgan fingerprint density at radius 1 is 1.23 bits per heavy atom. The molecule has 1 aliphatic carbocycles. The SMILES string of the molecule is CCCSP(=O)(OCC)OC1=C(c2ccccc2Cl)C(=O)CC(C)(C)C1. The average Bonchev–Trinajstić information content (AvgIpc) is 2.53. The zero-order valence-corrected chi connectivity index (χ0v) is 18.2. The third-order valence-electron chi connectivity index (χ3n) is 3.94. The first-order valence-corrected chi connectivity index (χ1v) is 12.3. The number of hydrogen-bond donors (Lipinski definition) is 0. The fraction of sp³-hybridized carbons (Fsp3) is 0.526. The van der Waals surface area contributed by atoms with E-state index in [2.05, 4.69) is 0 Å². The Kier molecular flexibility index (Phi) is 7.43. The molecule has 1 unspecified atom stereocenters. The molecule has 1 aliphatic rings. The largest absolute Gasteiger partial charge is 0.439 e. The van der Waals surface area contributed by atoms with Crippen molar-refractivity contribution >= 4 is 41.1 Å². The molecule has 7 heteroatoms. The van der Waals surface area contributed by atoms with Gasteiger partial charge in [-0.3, -0.25) is 9.32 Å². The van der Waals surface area contributed by atoms with E-state index in [9.17, 15) is 9.36 Å². The Labute approximate surface area is 165 Å². The number of Topliss-reactive ketones (excluding diaryl/α,β-unsaturated/α-hetero) is 1. The highest BCUT2D eigenvalue weighted by Crippen LogP contribution is 2.63. The molecule has 0 amide bonds. The third kappa shape index (κ3) is 5.39. The summed E-state index contributed by atoms with van der Waals surface area (Å²) < 4.78 is 24.6. The first kappa shape index (κ1) is 21.6. The van der Waals surface area contributed by atoms with Gasteiger partial charge in [0, 0.05) is 29.2 Å². The highest BCUT2D eigenvalue weighted by atomic mass is 35.5. The lowest BCUT2D eigenvalue weighted by Gasteiger charge is -2.33. The van der Waals surface area contributed by atoms with E-state index in [1.807, 2.05) is 32.9 Å². The van der Waals surface area contributed by atoms with Gasteiger partial charge in [0.05, 0.1) is 12.2 Å². The second-order valence-corrected chi connectivity index (χ2v) is 11.5. The first-order chi connectivity index (χ1) is 12.2. The molecule has 0 aromatic heterocycles. The lowest BCUT2D eigenvalue weighted by molar-refractivity contribution is -0.116. The Morgan fingerprint density at radius 3 is 2.54 bits per heavy atom. The van der Waals surface area contributed by atoms with Gasteiger partial charge in [-0.2, -0.15) is 0 Å². The summed E-state index contributed by atoms with van der Waals surface area (Å²) in [6.45, 7) is 4.67. The van der Waals surface area contributed by atoms with Crippen LogP contribution >= 0.6 is 29.8 Å². The maximum absolute atomic E-state index is 13.2. The van der Waals surface area contributed by atoms with Gasteiger partial charge in [-0.25, -0.2) is 4.57 Å². The van der Waals surface area contributed by atoms with Crippen LogP contribution in [0.2, 0.25) is 5.02 Å². The maximum Gasteiger partial charge on any atom is 0.439 e. The average molecular weight is 417 g/mol. The van der Waals surface area contributed by atoms with Crippen molar-refractivity contribution in [2.45, 2.75) is 47.0 Å². The van der Waals surface area contributed by atoms with Gasteiger partial charge in [-0.15, -0.1) is 0 Å². The van der Waals surface area contributed by atoms with E-state index in [1.54, 1.807) is 19.1 Å². The number of rotatable bonds is 8. The molecule has 4 nitrogen and oxygen atoms in total. The Bertz CT molecular complexity index is 745. The van der Waals surface area contributed by atoms with Crippen molar-refractivity contribution in [3.05, 3.63) is 40.6 Å². The summed E-state index contributed by atoms with van der Waals surface area (Å²) in [7, 11) is 0. The minimum Gasteiger partial charge on any atom is -0.421 e. The van der Waals surface area contributed by atoms with Crippen LogP contribution in [0.1, 0.15) is 52.5 Å². The van der Waals surface area contributed by atoms with Gasteiger partial charge in [0.2, 0.25) is 0 Å². The second-order valence-electron chi connectivity index (χ2n) is 7.01. The first-order valence-electron chi connectivity index (χ1n) is 8.81. The number of ketones is 1. The molecular weight excluding hydrogens is 391 g/mol. The van der Waals surface area contributed by atoms with Crippen molar-refractivity contribution in [1.29, 1.82) is 0 Å². The molecule has 1 aromatic carbocycles. The molecule has 0 saturated carbocycles. The van der Waals surface area contributed by atoms with Gasteiger partial charge in [0.1, 0.15) is 5.76 Å². The highest BCUT2D eigenvalue weighted by Gasteiger charge is 2.39. The number of hydrogen-bond acceptors (Lipinski definition) is 5. The van der Waals surface area contributed by atoms with Crippen LogP contribution in [0.3, 0.4) is 0 Å². The lowest BCUT2D eigenvalue weighted by atomic mass is 9.75. The number of carbonyl (C=O) groups is 1. The molecule has 0 bridgehead atoms. The molecule has 0 radical (unpaired) electrons. The second kappa shape index (κ2) is 8.97. The molecule has 2 rings (SSSR count). The predicted molar refractivity (Wildman–Crippen MR) is 109 cm³/mol. The van der Waals surface area contributed by atoms with Crippen LogP contribution in [-0.2, 0) is 18.4 Å². The molecular formula is C19H26ClO4PS. The van der Waals surface area contributed by atoms with E-state index < -0.39 is 6.80 Å². The van der Waals surface area contributed by atoms with Gasteiger partial charge in [-0.1, -0.05) is 50.6 Å². The van der Waals surface area contributed by atoms with E-state index >= 15 is 0 Å². The third-order valence-corrected chi connectivity index (χ3v) is 8.23. The van der Waals surface area contributed by atoms with Crippen LogP contribution in [0.4, 0.5) is 0 Å². The monoisotopic (exact) mass is 416 g/mol. The van der Waals surface area contributed by atoms with Crippen molar-refractivity contribution in [1.82, 2.24) is 0 Å². The topological polar surface area (TPSA) is 52.6 Å². The summed E-state index contributed by atoms with van der Waals surface area (Å²) in [5.74, 6) is 1.02. The summed E-state index contributed by atoms with van der Waals surface area (Å²) in [6, 6.07) is 7.17. The summed E-state index contributed by atoms with van der Waals surface area (Å²) in [6.07, 6.45) is 1.75. The zero-order valence-electron chi connectivity index (χ0n) is 15.7. The van der Waals surface area contributed by atoms with Gasteiger partial charge < -0.3 is 4.52 Å². The van der Waals surface area contributed by atoms with E-state index in [0.29, 0.717) is 40.5 Å².